The first-order valence-electron chi connectivity index (χ1n) is 35.1. The molecule has 0 bridgehead atoms. The molecule has 0 rings (SSSR count). The normalized spacial score (nSPS) is 12.6. The highest BCUT2D eigenvalue weighted by molar-refractivity contribution is 5.71. The van der Waals surface area contributed by atoms with Crippen molar-refractivity contribution in [1.82, 2.24) is 0 Å². The Morgan fingerprint density at radius 2 is 0.481 bits per heavy atom. The minimum absolute atomic E-state index is 0.0830. The fraction of sp³-hybridized carbons (Fsp3) is 0.773. The quantitative estimate of drug-likeness (QED) is 0.0261. The van der Waals surface area contributed by atoms with Crippen molar-refractivity contribution in [2.45, 2.75) is 361 Å². The van der Waals surface area contributed by atoms with Crippen molar-refractivity contribution < 1.29 is 28.6 Å². The van der Waals surface area contributed by atoms with Crippen LogP contribution in [0.3, 0.4) is 0 Å². The summed E-state index contributed by atoms with van der Waals surface area (Å²) in [6.45, 7) is 6.56. The molecule has 0 heterocycles. The molecule has 6 heteroatoms. The van der Waals surface area contributed by atoms with Gasteiger partial charge in [-0.05, 0) is 116 Å². The van der Waals surface area contributed by atoms with Gasteiger partial charge in [-0.15, -0.1) is 0 Å². The summed E-state index contributed by atoms with van der Waals surface area (Å²) < 4.78 is 17.0. The monoisotopic (exact) mass is 1130 g/mol. The number of hydrogen-bond donors (Lipinski definition) is 0. The number of hydrogen-bond acceptors (Lipinski definition) is 6. The Kier molecular flexibility index (Phi) is 66.2. The minimum Gasteiger partial charge on any atom is -0.462 e. The highest BCUT2D eigenvalue weighted by Crippen LogP contribution is 2.17. The van der Waals surface area contributed by atoms with E-state index < -0.39 is 6.10 Å². The standard InChI is InChI=1S/C75H132O6/c1-4-7-10-13-16-19-22-25-28-31-34-37-40-43-46-49-52-55-58-61-64-67-73(76)79-70-72(81-75(78)69-66-63-60-57-54-51-48-45-42-39-36-33-30-27-24-21-18-15-12-9-6-3)71-80-74(77)68-65-62-59-56-53-50-47-44-41-38-35-32-29-26-23-20-17-14-11-8-5-2/h7,10,16,19,25,28,32-37,43,46,72H,4-6,8-9,11-15,17-18,20-24,26-27,29-31,38-42,44-45,47-71H2,1-3H3/b10-7-,19-16-,28-25-,35-32-,36-33-,37-34-,46-43-. The number of carbonyl (C=O) groups is 3. The highest BCUT2D eigenvalue weighted by atomic mass is 16.6. The van der Waals surface area contributed by atoms with Crippen molar-refractivity contribution in [3.05, 3.63) is 85.1 Å². The molecule has 0 saturated carbocycles. The number of rotatable bonds is 64. The average Bonchev–Trinajstić information content (AvgIpc) is 3.47. The fourth-order valence-electron chi connectivity index (χ4n) is 10.1. The van der Waals surface area contributed by atoms with Gasteiger partial charge in [0.15, 0.2) is 6.10 Å². The van der Waals surface area contributed by atoms with E-state index in [4.69, 9.17) is 14.2 Å². The van der Waals surface area contributed by atoms with Crippen molar-refractivity contribution in [1.29, 1.82) is 0 Å². The van der Waals surface area contributed by atoms with Crippen molar-refractivity contribution in [2.75, 3.05) is 13.2 Å². The molecule has 0 N–H and O–H groups in total. The van der Waals surface area contributed by atoms with Gasteiger partial charge in [0, 0.05) is 19.3 Å². The lowest BCUT2D eigenvalue weighted by atomic mass is 10.1. The first-order chi connectivity index (χ1) is 40.0. The maximum Gasteiger partial charge on any atom is 0.306 e. The van der Waals surface area contributed by atoms with Gasteiger partial charge in [0.1, 0.15) is 13.2 Å². The molecule has 468 valence electrons. The van der Waals surface area contributed by atoms with Gasteiger partial charge in [0.2, 0.25) is 0 Å². The fourth-order valence-corrected chi connectivity index (χ4v) is 10.1. The first-order valence-corrected chi connectivity index (χ1v) is 35.1. The Morgan fingerprint density at radius 3 is 0.765 bits per heavy atom. The Morgan fingerprint density at radius 1 is 0.259 bits per heavy atom. The molecule has 0 aromatic carbocycles. The van der Waals surface area contributed by atoms with Crippen LogP contribution >= 0.6 is 0 Å². The van der Waals surface area contributed by atoms with Gasteiger partial charge in [-0.3, -0.25) is 14.4 Å². The second kappa shape index (κ2) is 69.1. The summed E-state index contributed by atoms with van der Waals surface area (Å²) in [6, 6.07) is 0. The topological polar surface area (TPSA) is 78.9 Å². The maximum atomic E-state index is 13.0. The zero-order valence-corrected chi connectivity index (χ0v) is 53.8. The van der Waals surface area contributed by atoms with Crippen LogP contribution in [0.15, 0.2) is 85.1 Å². The number of carbonyl (C=O) groups excluding carboxylic acids is 3. The van der Waals surface area contributed by atoms with Crippen molar-refractivity contribution in [3.8, 4) is 0 Å². The average molecular weight is 1130 g/mol. The van der Waals surface area contributed by atoms with E-state index in [9.17, 15) is 14.4 Å². The van der Waals surface area contributed by atoms with Crippen LogP contribution in [0.4, 0.5) is 0 Å². The highest BCUT2D eigenvalue weighted by Gasteiger charge is 2.19. The predicted molar refractivity (Wildman–Crippen MR) is 353 cm³/mol. The summed E-state index contributed by atoms with van der Waals surface area (Å²) in [5.41, 5.74) is 0. The molecule has 6 nitrogen and oxygen atoms in total. The molecule has 0 fully saturated rings. The third-order valence-corrected chi connectivity index (χ3v) is 15.4. The summed E-state index contributed by atoms with van der Waals surface area (Å²) in [5.74, 6) is -0.888. The van der Waals surface area contributed by atoms with Crippen LogP contribution in [0.1, 0.15) is 355 Å². The number of ether oxygens (including phenoxy) is 3. The number of unbranched alkanes of at least 4 members (excludes halogenated alkanes) is 39. The van der Waals surface area contributed by atoms with E-state index in [0.717, 1.165) is 109 Å². The number of esters is 3. The second-order valence-electron chi connectivity index (χ2n) is 23.4. The van der Waals surface area contributed by atoms with E-state index in [-0.39, 0.29) is 31.1 Å². The lowest BCUT2D eigenvalue weighted by Crippen LogP contribution is -2.30. The van der Waals surface area contributed by atoms with E-state index in [0.29, 0.717) is 19.3 Å². The second-order valence-corrected chi connectivity index (χ2v) is 23.4. The molecule has 1 unspecified atom stereocenters. The van der Waals surface area contributed by atoms with Gasteiger partial charge in [-0.1, -0.05) is 305 Å². The molecule has 0 aliphatic heterocycles. The van der Waals surface area contributed by atoms with Crippen LogP contribution < -0.4 is 0 Å². The molecule has 81 heavy (non-hydrogen) atoms. The summed E-state index contributed by atoms with van der Waals surface area (Å²) in [7, 11) is 0. The molecule has 0 aliphatic rings. The van der Waals surface area contributed by atoms with E-state index in [1.807, 2.05) is 0 Å². The molecule has 0 aliphatic carbocycles. The molecule has 0 radical (unpaired) electrons. The SMILES string of the molecule is CC/C=C\C/C=C\C/C=C\C/C=C\C/C=C\CCCCCCCC(=O)OCC(COC(=O)CCCCCCCCCCC/C=C\CCCCCCCCCC)OC(=O)CCCCCCCCCCC/C=C\CCCCCCCCCC. The van der Waals surface area contributed by atoms with E-state index in [1.165, 1.54) is 205 Å². The molecule has 0 aromatic rings. The summed E-state index contributed by atoms with van der Waals surface area (Å²) >= 11 is 0. The van der Waals surface area contributed by atoms with E-state index in [1.54, 1.807) is 0 Å². The lowest BCUT2D eigenvalue weighted by Gasteiger charge is -2.18. The Balaban J connectivity index is 4.41. The third-order valence-electron chi connectivity index (χ3n) is 15.4. The molecule has 1 atom stereocenters. The Hall–Kier alpha value is -3.41. The minimum atomic E-state index is -0.789. The zero-order chi connectivity index (χ0) is 58.5. The predicted octanol–water partition coefficient (Wildman–Crippen LogP) is 24.2. The van der Waals surface area contributed by atoms with Gasteiger partial charge >= 0.3 is 17.9 Å². The first kappa shape index (κ1) is 77.6. The van der Waals surface area contributed by atoms with Gasteiger partial charge in [0.25, 0.3) is 0 Å². The van der Waals surface area contributed by atoms with E-state index in [2.05, 4.69) is 106 Å². The molecule has 0 aromatic heterocycles. The van der Waals surface area contributed by atoms with Crippen LogP contribution in [-0.4, -0.2) is 37.2 Å². The smallest absolute Gasteiger partial charge is 0.306 e. The van der Waals surface area contributed by atoms with E-state index >= 15 is 0 Å². The Labute approximate surface area is 503 Å². The van der Waals surface area contributed by atoms with Crippen molar-refractivity contribution >= 4 is 17.9 Å². The lowest BCUT2D eigenvalue weighted by molar-refractivity contribution is -0.167. The van der Waals surface area contributed by atoms with Crippen molar-refractivity contribution in [3.63, 3.8) is 0 Å². The molecular weight excluding hydrogens is 997 g/mol. The largest absolute Gasteiger partial charge is 0.462 e. The third kappa shape index (κ3) is 67.3. The number of allylic oxidation sites excluding steroid dienone is 14. The van der Waals surface area contributed by atoms with Crippen LogP contribution in [0.2, 0.25) is 0 Å². The zero-order valence-electron chi connectivity index (χ0n) is 53.8. The summed E-state index contributed by atoms with van der Waals surface area (Å²) in [6.07, 6.45) is 91.7. The molecule has 0 amide bonds. The van der Waals surface area contributed by atoms with Crippen LogP contribution in [-0.2, 0) is 28.6 Å². The van der Waals surface area contributed by atoms with Crippen molar-refractivity contribution in [2.24, 2.45) is 0 Å². The van der Waals surface area contributed by atoms with Crippen LogP contribution in [0.25, 0.3) is 0 Å². The maximum absolute atomic E-state index is 13.0. The van der Waals surface area contributed by atoms with Gasteiger partial charge in [0.05, 0.1) is 0 Å². The van der Waals surface area contributed by atoms with Gasteiger partial charge < -0.3 is 14.2 Å². The van der Waals surface area contributed by atoms with Crippen LogP contribution in [0, 0.1) is 0 Å². The molecule has 0 spiro atoms. The molecular formula is C75H132O6. The van der Waals surface area contributed by atoms with Crippen LogP contribution in [0.5, 0.6) is 0 Å². The Bertz CT molecular complexity index is 1530. The summed E-state index contributed by atoms with van der Waals surface area (Å²) in [5, 5.41) is 0. The van der Waals surface area contributed by atoms with Gasteiger partial charge in [-0.25, -0.2) is 0 Å². The van der Waals surface area contributed by atoms with Gasteiger partial charge in [-0.2, -0.15) is 0 Å². The summed E-state index contributed by atoms with van der Waals surface area (Å²) in [4.78, 5) is 38.5. The molecule has 0 saturated heterocycles.